The van der Waals surface area contributed by atoms with E-state index in [0.29, 0.717) is 70.2 Å². The van der Waals surface area contributed by atoms with Crippen LogP contribution in [0.2, 0.25) is 0 Å². The molecule has 28 nitrogen and oxygen atoms in total. The lowest BCUT2D eigenvalue weighted by Crippen LogP contribution is -2.16. The molecule has 0 aliphatic heterocycles. The molecule has 0 atom stereocenters. The van der Waals surface area contributed by atoms with Gasteiger partial charge in [0.25, 0.3) is 0 Å². The fraction of sp³-hybridized carbons (Fsp3) is 0.126. The summed E-state index contributed by atoms with van der Waals surface area (Å²) in [6.45, 7) is 24.3. The number of imidazole rings is 5. The molecule has 18 aromatic heterocycles. The highest BCUT2D eigenvalue weighted by atomic mass is 15.3. The summed E-state index contributed by atoms with van der Waals surface area (Å²) >= 11 is 0. The highest BCUT2D eigenvalue weighted by Crippen LogP contribution is 2.32. The number of hydrogen-bond donors (Lipinski definition) is 0. The molecule has 600 valence electrons. The van der Waals surface area contributed by atoms with Crippen LogP contribution >= 0.6 is 0 Å². The van der Waals surface area contributed by atoms with Gasteiger partial charge in [-0.25, -0.2) is 49.4 Å². The van der Waals surface area contributed by atoms with Crippen molar-refractivity contribution in [3.63, 3.8) is 0 Å². The van der Waals surface area contributed by atoms with Crippen molar-refractivity contribution in [3.05, 3.63) is 337 Å². The number of pyridine rings is 4. The summed E-state index contributed by atoms with van der Waals surface area (Å²) in [5.41, 5.74) is 19.4. The Hall–Kier alpha value is -16.4. The number of hydrogen-bond acceptors (Lipinski definition) is 17. The van der Waals surface area contributed by atoms with E-state index in [9.17, 15) is 0 Å². The van der Waals surface area contributed by atoms with Gasteiger partial charge in [0.2, 0.25) is 41.6 Å². The minimum Gasteiger partial charge on any atom is -0.287 e. The van der Waals surface area contributed by atoms with Gasteiger partial charge in [-0.3, -0.25) is 45.7 Å². The van der Waals surface area contributed by atoms with Crippen LogP contribution < -0.4 is 0 Å². The number of rotatable bonds is 11. The van der Waals surface area contributed by atoms with Gasteiger partial charge < -0.3 is 0 Å². The lowest BCUT2D eigenvalue weighted by molar-refractivity contribution is 0.759. The second kappa shape index (κ2) is 30.5. The molecular weight excluding hydrogens is 1530 g/mol. The number of aromatic nitrogens is 28. The van der Waals surface area contributed by atoms with Gasteiger partial charge in [0, 0.05) is 93.6 Å². The Balaban J connectivity index is 0.000000105. The topological polar surface area (TPSA) is 273 Å². The Morgan fingerprint density at radius 3 is 0.821 bits per heavy atom. The van der Waals surface area contributed by atoms with E-state index >= 15 is 0 Å². The smallest absolute Gasteiger partial charge is 0.240 e. The van der Waals surface area contributed by atoms with Crippen LogP contribution in [-0.2, 0) is 0 Å². The summed E-state index contributed by atoms with van der Waals surface area (Å²) < 4.78 is 22.2. The third-order valence-corrected chi connectivity index (χ3v) is 22.0. The molecule has 23 rings (SSSR count). The van der Waals surface area contributed by atoms with E-state index in [-0.39, 0.29) is 0 Å². The van der Waals surface area contributed by atoms with E-state index in [0.717, 1.165) is 152 Å². The van der Waals surface area contributed by atoms with Crippen LogP contribution in [0.5, 0.6) is 0 Å². The Bertz CT molecular complexity index is 7260. The van der Waals surface area contributed by atoms with Crippen LogP contribution in [0.3, 0.4) is 0 Å². The zero-order valence-corrected chi connectivity index (χ0v) is 69.4. The molecule has 0 amide bonds. The first-order chi connectivity index (χ1) is 59.9. The number of fused-ring (bicyclic) bond motifs is 8. The zero-order valence-electron chi connectivity index (χ0n) is 69.4. The molecule has 28 heteroatoms. The summed E-state index contributed by atoms with van der Waals surface area (Å²) in [5.74, 6) is 11.1. The summed E-state index contributed by atoms with van der Waals surface area (Å²) in [4.78, 5) is 81.2. The molecule has 23 aromatic rings. The molecular formula is C95H80N28. The molecule has 0 fully saturated rings. The fourth-order valence-electron chi connectivity index (χ4n) is 16.4. The zero-order chi connectivity index (χ0) is 84.0. The number of aryl methyl sites for hydroxylation is 12. The number of nitrogens with zero attached hydrogens (tertiary/aromatic N) is 28. The van der Waals surface area contributed by atoms with Gasteiger partial charge in [-0.15, -0.1) is 0 Å². The van der Waals surface area contributed by atoms with Gasteiger partial charge in [0.15, 0.2) is 16.9 Å². The molecule has 0 radical (unpaired) electrons. The second-order valence-electron chi connectivity index (χ2n) is 30.3. The lowest BCUT2D eigenvalue weighted by atomic mass is 10.2. The van der Waals surface area contributed by atoms with Crippen LogP contribution in [0.15, 0.2) is 268 Å². The van der Waals surface area contributed by atoms with Crippen LogP contribution in [-0.4, -0.2) is 135 Å². The predicted octanol–water partition coefficient (Wildman–Crippen LogP) is 18.1. The highest BCUT2D eigenvalue weighted by molar-refractivity contribution is 5.85. The maximum Gasteiger partial charge on any atom is 0.240 e. The van der Waals surface area contributed by atoms with Gasteiger partial charge in [0.1, 0.15) is 68.9 Å². The molecule has 5 aromatic carbocycles. The van der Waals surface area contributed by atoms with Crippen molar-refractivity contribution in [1.82, 2.24) is 135 Å². The van der Waals surface area contributed by atoms with Crippen LogP contribution in [0.4, 0.5) is 0 Å². The van der Waals surface area contributed by atoms with Gasteiger partial charge in [-0.05, 0) is 234 Å². The summed E-state index contributed by atoms with van der Waals surface area (Å²) in [7, 11) is 0. The maximum atomic E-state index is 4.99. The van der Waals surface area contributed by atoms with Crippen molar-refractivity contribution in [2.24, 2.45) is 0 Å². The predicted molar refractivity (Wildman–Crippen MR) is 478 cm³/mol. The molecule has 0 aliphatic rings. The average molecular weight is 1610 g/mol. The van der Waals surface area contributed by atoms with Crippen molar-refractivity contribution in [2.45, 2.75) is 83.1 Å². The van der Waals surface area contributed by atoms with E-state index in [1.165, 1.54) is 0 Å². The van der Waals surface area contributed by atoms with E-state index < -0.39 is 0 Å². The van der Waals surface area contributed by atoms with Crippen LogP contribution in [0, 0.1) is 83.1 Å². The van der Waals surface area contributed by atoms with Crippen LogP contribution in [0.25, 0.3) is 153 Å². The van der Waals surface area contributed by atoms with Crippen molar-refractivity contribution < 1.29 is 0 Å². The minimum atomic E-state index is 0.426. The first-order valence-corrected chi connectivity index (χ1v) is 40.3. The summed E-state index contributed by atoms with van der Waals surface area (Å²) in [6, 6.07) is 77.2. The number of para-hydroxylation sites is 7. The van der Waals surface area contributed by atoms with E-state index in [1.807, 2.05) is 196 Å². The van der Waals surface area contributed by atoms with E-state index in [4.69, 9.17) is 44.9 Å². The van der Waals surface area contributed by atoms with Crippen LogP contribution in [0.1, 0.15) is 68.8 Å². The third kappa shape index (κ3) is 13.5. The standard InChI is InChI=1S/C27H18N6.C25H19N11.C22H19N5.C21H24N6/c1-4-10-22-19(7-1)13-16-31(22)25-28-26(32-17-14-20-8-2-5-11-23(20)32)30-27(29-25)33-18-15-21-9-3-6-12-24(21)33;1-14-29-17-7-4-10-26-22(17)34(14)20-13-21(35-15(2)30-18-8-5-11-27-23(18)35)33-25(32-20)36-16(3)31-19-9-6-12-28-24(19)36;1-14-12-21(26-15(2)23-17-8-4-6-10-19(17)26)25-22(13-14)27-16(3)24-18-9-5-7-11-20(18)27;1-13-7-8-14(2)25(13)19-22-20(26-15(3)9-10-16(26)4)24-21(23-19)27-17(5)11-12-18(27)6/h1-18H;4-13H,1-3H3;4-13H,1-3H3;7-12H,1-6H3. The van der Waals surface area contributed by atoms with E-state index in [2.05, 4.69) is 226 Å². The highest BCUT2D eigenvalue weighted by Gasteiger charge is 2.25. The SMILES string of the molecule is Cc1cc(-n2c(C)nc3ccccc32)nc(-n2c(C)nc3ccccc32)c1.Cc1ccc(C)n1-c1nc(-n2c(C)ccc2C)nc(-n2c(C)ccc2C)n1.Cc1nc2cccnc2n1-c1cc(-n2c(C)nc3cccnc32)nc(-n2c(C)nc3cccnc32)n1.c1ccc2c(c1)ccn2-c1nc(-n2ccc3ccccc32)nc(-n2ccc3ccccc32)n1. The van der Waals surface area contributed by atoms with Gasteiger partial charge >= 0.3 is 0 Å². The lowest BCUT2D eigenvalue weighted by Gasteiger charge is -2.15. The van der Waals surface area contributed by atoms with Crippen molar-refractivity contribution in [3.8, 4) is 64.9 Å². The van der Waals surface area contributed by atoms with Crippen molar-refractivity contribution >= 4 is 88.3 Å². The molecule has 0 bridgehead atoms. The monoisotopic (exact) mass is 1610 g/mol. The Kier molecular flexibility index (Phi) is 18.7. The molecule has 0 N–H and O–H groups in total. The largest absolute Gasteiger partial charge is 0.287 e. The molecule has 0 unspecified atom stereocenters. The first-order valence-electron chi connectivity index (χ1n) is 40.3. The molecule has 0 saturated carbocycles. The average Bonchev–Trinajstić information content (AvgIpc) is 1.63. The fourth-order valence-corrected chi connectivity index (χ4v) is 16.4. The third-order valence-electron chi connectivity index (χ3n) is 22.0. The Labute approximate surface area is 703 Å². The quantitative estimate of drug-likeness (QED) is 0.116. The van der Waals surface area contributed by atoms with Gasteiger partial charge in [-0.2, -0.15) is 39.9 Å². The van der Waals surface area contributed by atoms with Crippen molar-refractivity contribution in [2.75, 3.05) is 0 Å². The Morgan fingerprint density at radius 1 is 0.195 bits per heavy atom. The molecule has 123 heavy (non-hydrogen) atoms. The normalized spacial score (nSPS) is 11.6. The summed E-state index contributed by atoms with van der Waals surface area (Å²) in [5, 5.41) is 3.41. The molecule has 18 heterocycles. The minimum absolute atomic E-state index is 0.426. The van der Waals surface area contributed by atoms with Gasteiger partial charge in [0.05, 0.1) is 38.6 Å². The molecule has 0 spiro atoms. The maximum absolute atomic E-state index is 4.99. The summed E-state index contributed by atoms with van der Waals surface area (Å²) in [6.07, 6.45) is 11.3. The Morgan fingerprint density at radius 2 is 0.463 bits per heavy atom. The van der Waals surface area contributed by atoms with Crippen molar-refractivity contribution in [1.29, 1.82) is 0 Å². The van der Waals surface area contributed by atoms with E-state index in [1.54, 1.807) is 18.6 Å². The number of benzene rings is 5. The molecule has 0 aliphatic carbocycles. The second-order valence-corrected chi connectivity index (χ2v) is 30.3. The molecule has 0 saturated heterocycles. The first kappa shape index (κ1) is 75.4. The van der Waals surface area contributed by atoms with Gasteiger partial charge in [-0.1, -0.05) is 78.9 Å².